The molecular weight excluding hydrogens is 434 g/mol. The molecule has 1 fully saturated rings. The number of imide groups is 2. The predicted molar refractivity (Wildman–Crippen MR) is 128 cm³/mol. The minimum absolute atomic E-state index is 0.0475. The van der Waals surface area contributed by atoms with E-state index in [1.54, 1.807) is 24.3 Å². The molecule has 0 radical (unpaired) electrons. The van der Waals surface area contributed by atoms with Gasteiger partial charge in [0.15, 0.2) is 11.5 Å². The van der Waals surface area contributed by atoms with Gasteiger partial charge in [-0.3, -0.25) is 14.9 Å². The first-order valence-electron chi connectivity index (χ1n) is 11.4. The molecule has 2 aromatic rings. The fourth-order valence-electron chi connectivity index (χ4n) is 5.28. The molecule has 1 saturated heterocycles. The molecule has 0 aliphatic carbocycles. The minimum atomic E-state index is -0.800. The van der Waals surface area contributed by atoms with E-state index in [4.69, 9.17) is 9.47 Å². The first-order valence-corrected chi connectivity index (χ1v) is 11.4. The topological polar surface area (TPSA) is 88.2 Å². The van der Waals surface area contributed by atoms with Crippen LogP contribution in [0, 0.1) is 0 Å². The van der Waals surface area contributed by atoms with Gasteiger partial charge in [0, 0.05) is 23.8 Å². The van der Waals surface area contributed by atoms with Gasteiger partial charge in [-0.1, -0.05) is 13.0 Å². The second kappa shape index (κ2) is 7.90. The van der Waals surface area contributed by atoms with Crippen LogP contribution in [0.1, 0.15) is 51.2 Å². The highest BCUT2D eigenvalue weighted by molar-refractivity contribution is 6.39. The highest BCUT2D eigenvalue weighted by Gasteiger charge is 2.38. The molecule has 176 valence electrons. The third kappa shape index (κ3) is 3.50. The third-order valence-corrected chi connectivity index (χ3v) is 6.75. The summed E-state index contributed by atoms with van der Waals surface area (Å²) in [5.41, 5.74) is 3.33. The van der Waals surface area contributed by atoms with Crippen molar-refractivity contribution in [3.05, 3.63) is 53.1 Å². The van der Waals surface area contributed by atoms with E-state index in [9.17, 15) is 14.4 Å². The molecule has 1 N–H and O–H groups in total. The number of barbiturate groups is 1. The molecule has 4 amide bonds. The number of carbonyl (C=O) groups is 3. The van der Waals surface area contributed by atoms with Crippen LogP contribution in [0.25, 0.3) is 6.08 Å². The highest BCUT2D eigenvalue weighted by Crippen LogP contribution is 2.43. The molecular formula is C26H27N3O5. The summed E-state index contributed by atoms with van der Waals surface area (Å²) in [6, 6.07) is 9.95. The van der Waals surface area contributed by atoms with E-state index in [-0.39, 0.29) is 17.9 Å². The number of benzene rings is 2. The van der Waals surface area contributed by atoms with Gasteiger partial charge in [-0.05, 0) is 74.6 Å². The summed E-state index contributed by atoms with van der Waals surface area (Å²) in [7, 11) is 0. The Morgan fingerprint density at radius 2 is 1.85 bits per heavy atom. The molecule has 3 aliphatic heterocycles. The van der Waals surface area contributed by atoms with Gasteiger partial charge in [0.2, 0.25) is 6.79 Å². The van der Waals surface area contributed by atoms with Crippen LogP contribution in [0.5, 0.6) is 11.5 Å². The Kier molecular flexibility index (Phi) is 5.11. The molecule has 0 spiro atoms. The number of anilines is 2. The van der Waals surface area contributed by atoms with Gasteiger partial charge in [-0.25, -0.2) is 9.69 Å². The first-order chi connectivity index (χ1) is 16.2. The zero-order chi connectivity index (χ0) is 24.2. The molecule has 0 saturated carbocycles. The van der Waals surface area contributed by atoms with Crippen LogP contribution in [0.15, 0.2) is 42.0 Å². The van der Waals surface area contributed by atoms with Crippen LogP contribution in [0.4, 0.5) is 16.2 Å². The summed E-state index contributed by atoms with van der Waals surface area (Å²) >= 11 is 0. The lowest BCUT2D eigenvalue weighted by Gasteiger charge is -2.47. The Balaban J connectivity index is 1.51. The second-order valence-electron chi connectivity index (χ2n) is 9.48. The number of hydrogen-bond donors (Lipinski definition) is 1. The second-order valence-corrected chi connectivity index (χ2v) is 9.48. The maximum Gasteiger partial charge on any atom is 0.335 e. The van der Waals surface area contributed by atoms with Crippen molar-refractivity contribution in [2.24, 2.45) is 0 Å². The SMILES string of the molecule is CCN1c2ccc(/C=C3\C(=O)NC(=O)N(c4ccc5c(c4)OCO5)C3=O)cc2[C@@H](C)CC1(C)C. The van der Waals surface area contributed by atoms with E-state index in [0.29, 0.717) is 23.1 Å². The van der Waals surface area contributed by atoms with Gasteiger partial charge in [-0.15, -0.1) is 0 Å². The number of nitrogens with one attached hydrogen (secondary N) is 1. The van der Waals surface area contributed by atoms with Crippen molar-refractivity contribution in [3.63, 3.8) is 0 Å². The summed E-state index contributed by atoms with van der Waals surface area (Å²) in [5, 5.41) is 2.27. The Morgan fingerprint density at radius 1 is 1.09 bits per heavy atom. The number of ether oxygens (including phenoxy) is 2. The molecule has 3 aliphatic rings. The average Bonchev–Trinajstić information content (AvgIpc) is 3.24. The number of urea groups is 1. The van der Waals surface area contributed by atoms with Crippen LogP contribution in [0.2, 0.25) is 0 Å². The van der Waals surface area contributed by atoms with Crippen molar-refractivity contribution in [2.45, 2.75) is 45.6 Å². The lowest BCUT2D eigenvalue weighted by molar-refractivity contribution is -0.122. The summed E-state index contributed by atoms with van der Waals surface area (Å²) in [6.07, 6.45) is 2.55. The van der Waals surface area contributed by atoms with Gasteiger partial charge >= 0.3 is 6.03 Å². The third-order valence-electron chi connectivity index (χ3n) is 6.75. The van der Waals surface area contributed by atoms with E-state index in [2.05, 4.69) is 44.0 Å². The van der Waals surface area contributed by atoms with Crippen LogP contribution in [-0.4, -0.2) is 36.7 Å². The van der Waals surface area contributed by atoms with Crippen LogP contribution in [0.3, 0.4) is 0 Å². The molecule has 5 rings (SSSR count). The number of fused-ring (bicyclic) bond motifs is 2. The van der Waals surface area contributed by atoms with Crippen LogP contribution in [-0.2, 0) is 9.59 Å². The zero-order valence-electron chi connectivity index (χ0n) is 19.7. The standard InChI is InChI=1S/C26H27N3O5/c1-5-28-20-8-6-16(10-18(20)15(2)13-26(28,3)4)11-19-23(30)27-25(32)29(24(19)31)17-7-9-21-22(12-17)34-14-33-21/h6-12,15H,5,13-14H2,1-4H3,(H,27,30,32)/b19-11+/t15-/m0/s1. The normalized spacial score (nSPS) is 22.2. The van der Waals surface area contributed by atoms with Crippen molar-refractivity contribution < 1.29 is 23.9 Å². The average molecular weight is 462 g/mol. The number of carbonyl (C=O) groups excluding carboxylic acids is 3. The van der Waals surface area contributed by atoms with Crippen molar-refractivity contribution in [3.8, 4) is 11.5 Å². The predicted octanol–water partition coefficient (Wildman–Crippen LogP) is 4.19. The molecule has 8 nitrogen and oxygen atoms in total. The molecule has 3 heterocycles. The van der Waals surface area contributed by atoms with Gasteiger partial charge < -0.3 is 14.4 Å². The molecule has 8 heteroatoms. The Hall–Kier alpha value is -3.81. The van der Waals surface area contributed by atoms with Gasteiger partial charge in [-0.2, -0.15) is 0 Å². The maximum absolute atomic E-state index is 13.3. The quantitative estimate of drug-likeness (QED) is 0.545. The van der Waals surface area contributed by atoms with E-state index in [0.717, 1.165) is 23.4 Å². The fourth-order valence-corrected chi connectivity index (χ4v) is 5.28. The smallest absolute Gasteiger partial charge is 0.335 e. The molecule has 0 unspecified atom stereocenters. The molecule has 0 aromatic heterocycles. The molecule has 2 aromatic carbocycles. The van der Waals surface area contributed by atoms with Crippen molar-refractivity contribution in [1.82, 2.24) is 5.32 Å². The van der Waals surface area contributed by atoms with Gasteiger partial charge in [0.1, 0.15) is 5.57 Å². The lowest BCUT2D eigenvalue weighted by Crippen LogP contribution is -2.54. The summed E-state index contributed by atoms with van der Waals surface area (Å²) in [4.78, 5) is 41.8. The highest BCUT2D eigenvalue weighted by atomic mass is 16.7. The van der Waals surface area contributed by atoms with Gasteiger partial charge in [0.25, 0.3) is 11.8 Å². The summed E-state index contributed by atoms with van der Waals surface area (Å²) in [5.74, 6) is -0.0990. The monoisotopic (exact) mass is 461 g/mol. The number of amides is 4. The number of hydrogen-bond acceptors (Lipinski definition) is 6. The zero-order valence-corrected chi connectivity index (χ0v) is 19.7. The fraction of sp³-hybridized carbons (Fsp3) is 0.346. The molecule has 1 atom stereocenters. The molecule has 0 bridgehead atoms. The van der Waals surface area contributed by atoms with Crippen LogP contribution < -0.4 is 24.6 Å². The molecule has 34 heavy (non-hydrogen) atoms. The lowest BCUT2D eigenvalue weighted by atomic mass is 9.79. The Morgan fingerprint density at radius 3 is 2.62 bits per heavy atom. The minimum Gasteiger partial charge on any atom is -0.454 e. The first kappa shape index (κ1) is 22.0. The summed E-state index contributed by atoms with van der Waals surface area (Å²) < 4.78 is 10.7. The maximum atomic E-state index is 13.3. The van der Waals surface area contributed by atoms with Gasteiger partial charge in [0.05, 0.1) is 5.69 Å². The van der Waals surface area contributed by atoms with Crippen molar-refractivity contribution >= 4 is 35.3 Å². The van der Waals surface area contributed by atoms with Crippen molar-refractivity contribution in [1.29, 1.82) is 0 Å². The largest absolute Gasteiger partial charge is 0.454 e. The van der Waals surface area contributed by atoms with Crippen molar-refractivity contribution in [2.75, 3.05) is 23.1 Å². The van der Waals surface area contributed by atoms with E-state index in [1.165, 1.54) is 11.3 Å². The number of nitrogens with zero attached hydrogens (tertiary/aromatic N) is 2. The Bertz CT molecular complexity index is 1250. The summed E-state index contributed by atoms with van der Waals surface area (Å²) in [6.45, 7) is 9.80. The Labute approximate surface area is 198 Å². The van der Waals surface area contributed by atoms with Crippen LogP contribution >= 0.6 is 0 Å². The van der Waals surface area contributed by atoms with E-state index < -0.39 is 17.8 Å². The van der Waals surface area contributed by atoms with E-state index in [1.807, 2.05) is 12.1 Å². The number of rotatable bonds is 3. The van der Waals surface area contributed by atoms with E-state index >= 15 is 0 Å².